The molecule has 4 rings (SSSR count). The molecular formula is C25H24F3N3O2. The Bertz CT molecular complexity index is 1180. The quantitative estimate of drug-likeness (QED) is 0.478. The Balaban J connectivity index is 1.57. The molecule has 8 heteroatoms. The second kappa shape index (κ2) is 9.13. The number of furan rings is 1. The summed E-state index contributed by atoms with van der Waals surface area (Å²) in [6.45, 7) is 2.26. The van der Waals surface area contributed by atoms with Crippen LogP contribution in [-0.4, -0.2) is 23.6 Å². The van der Waals surface area contributed by atoms with Gasteiger partial charge in [0.15, 0.2) is 5.76 Å². The van der Waals surface area contributed by atoms with E-state index in [0.29, 0.717) is 36.4 Å². The van der Waals surface area contributed by atoms with E-state index in [1.165, 1.54) is 12.1 Å². The van der Waals surface area contributed by atoms with Gasteiger partial charge in [0.2, 0.25) is 0 Å². The number of nitrogens with zero attached hydrogens (tertiary/aromatic N) is 2. The number of rotatable bonds is 5. The van der Waals surface area contributed by atoms with Crippen LogP contribution in [0, 0.1) is 6.92 Å². The maximum absolute atomic E-state index is 13.1. The number of halogens is 3. The van der Waals surface area contributed by atoms with Gasteiger partial charge in [-0.05, 0) is 43.5 Å². The highest BCUT2D eigenvalue weighted by atomic mass is 19.4. The third-order valence-electron chi connectivity index (χ3n) is 5.64. The third-order valence-corrected chi connectivity index (χ3v) is 5.64. The molecular weight excluding hydrogens is 431 g/mol. The summed E-state index contributed by atoms with van der Waals surface area (Å²) in [7, 11) is 1.72. The molecule has 2 aromatic carbocycles. The standard InChI is InChI=1S/C25H24F3N3O2/c1-16-22-20(30-29-19-11-6-10-18(14-19)25(26,27)28)12-7-13-21(22)33-23(16)24(32)31(2)15-17-8-4-3-5-9-17/h3-6,8-11,14,29H,7,12-13,15H2,1-2H3/b30-20+. The van der Waals surface area contributed by atoms with Gasteiger partial charge < -0.3 is 9.32 Å². The Morgan fingerprint density at radius 3 is 2.61 bits per heavy atom. The minimum absolute atomic E-state index is 0.226. The zero-order valence-electron chi connectivity index (χ0n) is 18.4. The molecule has 0 saturated heterocycles. The normalized spacial score (nSPS) is 14.8. The van der Waals surface area contributed by atoms with Gasteiger partial charge in [0, 0.05) is 31.1 Å². The van der Waals surface area contributed by atoms with Crippen molar-refractivity contribution in [2.75, 3.05) is 12.5 Å². The van der Waals surface area contributed by atoms with Crippen molar-refractivity contribution in [2.24, 2.45) is 5.10 Å². The van der Waals surface area contributed by atoms with Crippen LogP contribution < -0.4 is 5.43 Å². The molecule has 0 atom stereocenters. The van der Waals surface area contributed by atoms with Crippen molar-refractivity contribution >= 4 is 17.3 Å². The highest BCUT2D eigenvalue weighted by Gasteiger charge is 2.31. The highest BCUT2D eigenvalue weighted by Crippen LogP contribution is 2.32. The van der Waals surface area contributed by atoms with Gasteiger partial charge in [-0.25, -0.2) is 0 Å². The van der Waals surface area contributed by atoms with E-state index in [2.05, 4.69) is 10.5 Å². The van der Waals surface area contributed by atoms with Crippen molar-refractivity contribution in [1.82, 2.24) is 4.90 Å². The lowest BCUT2D eigenvalue weighted by molar-refractivity contribution is -0.137. The summed E-state index contributed by atoms with van der Waals surface area (Å²) in [5.41, 5.74) is 5.37. The van der Waals surface area contributed by atoms with E-state index >= 15 is 0 Å². The lowest BCUT2D eigenvalue weighted by Gasteiger charge is -2.16. The number of hydrazone groups is 1. The van der Waals surface area contributed by atoms with Gasteiger partial charge in [-0.2, -0.15) is 18.3 Å². The van der Waals surface area contributed by atoms with Gasteiger partial charge in [0.25, 0.3) is 5.91 Å². The molecule has 0 unspecified atom stereocenters. The molecule has 5 nitrogen and oxygen atoms in total. The van der Waals surface area contributed by atoms with Crippen LogP contribution in [0.2, 0.25) is 0 Å². The number of hydrogen-bond acceptors (Lipinski definition) is 4. The number of carbonyl (C=O) groups excluding carboxylic acids is 1. The number of hydrogen-bond donors (Lipinski definition) is 1. The summed E-state index contributed by atoms with van der Waals surface area (Å²) in [6.07, 6.45) is -2.34. The molecule has 0 bridgehead atoms. The lowest BCUT2D eigenvalue weighted by Crippen LogP contribution is -2.26. The van der Waals surface area contributed by atoms with Crippen molar-refractivity contribution < 1.29 is 22.4 Å². The van der Waals surface area contributed by atoms with Gasteiger partial charge in [-0.1, -0.05) is 36.4 Å². The van der Waals surface area contributed by atoms with E-state index in [-0.39, 0.29) is 17.4 Å². The van der Waals surface area contributed by atoms with Crippen molar-refractivity contribution in [2.45, 2.75) is 38.9 Å². The zero-order valence-corrected chi connectivity index (χ0v) is 18.4. The van der Waals surface area contributed by atoms with Crippen molar-refractivity contribution in [1.29, 1.82) is 0 Å². The van der Waals surface area contributed by atoms with E-state index in [0.717, 1.165) is 29.7 Å². The van der Waals surface area contributed by atoms with Crippen molar-refractivity contribution in [3.8, 4) is 0 Å². The summed E-state index contributed by atoms with van der Waals surface area (Å²) < 4.78 is 44.9. The van der Waals surface area contributed by atoms with Crippen LogP contribution in [-0.2, 0) is 19.1 Å². The molecule has 33 heavy (non-hydrogen) atoms. The number of amides is 1. The molecule has 3 aromatic rings. The third kappa shape index (κ3) is 4.94. The summed E-state index contributed by atoms with van der Waals surface area (Å²) in [5.74, 6) is 0.725. The highest BCUT2D eigenvalue weighted by molar-refractivity contribution is 6.06. The number of fused-ring (bicyclic) bond motifs is 1. The SMILES string of the molecule is Cc1c(C(=O)N(C)Cc2ccccc2)oc2c1/C(=N/Nc1cccc(C(F)(F)F)c1)CCC2. The van der Waals surface area contributed by atoms with Crippen LogP contribution in [0.5, 0.6) is 0 Å². The monoisotopic (exact) mass is 455 g/mol. The summed E-state index contributed by atoms with van der Waals surface area (Å²) in [4.78, 5) is 14.7. The number of aryl methyl sites for hydroxylation is 1. The topological polar surface area (TPSA) is 57.8 Å². The lowest BCUT2D eigenvalue weighted by atomic mass is 9.93. The predicted octanol–water partition coefficient (Wildman–Crippen LogP) is 6.03. The Kier molecular flexibility index (Phi) is 6.26. The Morgan fingerprint density at radius 2 is 1.88 bits per heavy atom. The van der Waals surface area contributed by atoms with Crippen LogP contribution in [0.4, 0.5) is 18.9 Å². The van der Waals surface area contributed by atoms with Gasteiger partial charge in [0.1, 0.15) is 5.76 Å². The molecule has 172 valence electrons. The van der Waals surface area contributed by atoms with Gasteiger partial charge in [-0.3, -0.25) is 10.2 Å². The van der Waals surface area contributed by atoms with Crippen LogP contribution in [0.1, 0.15) is 51.4 Å². The molecule has 1 N–H and O–H groups in total. The first kappa shape index (κ1) is 22.6. The van der Waals surface area contributed by atoms with E-state index in [1.54, 1.807) is 11.9 Å². The number of carbonyl (C=O) groups is 1. The number of alkyl halides is 3. The minimum atomic E-state index is -4.43. The maximum atomic E-state index is 13.1. The molecule has 0 radical (unpaired) electrons. The molecule has 0 aliphatic heterocycles. The van der Waals surface area contributed by atoms with E-state index in [4.69, 9.17) is 4.42 Å². The zero-order chi connectivity index (χ0) is 23.6. The van der Waals surface area contributed by atoms with Crippen molar-refractivity contribution in [3.05, 3.63) is 88.4 Å². The first-order chi connectivity index (χ1) is 15.7. The Morgan fingerprint density at radius 1 is 1.12 bits per heavy atom. The average Bonchev–Trinajstić information content (AvgIpc) is 3.14. The average molecular weight is 455 g/mol. The minimum Gasteiger partial charge on any atom is -0.455 e. The molecule has 1 aromatic heterocycles. The van der Waals surface area contributed by atoms with Crippen molar-refractivity contribution in [3.63, 3.8) is 0 Å². The van der Waals surface area contributed by atoms with E-state index < -0.39 is 11.7 Å². The number of nitrogens with one attached hydrogen (secondary N) is 1. The molecule has 0 spiro atoms. The Labute approximate surface area is 189 Å². The number of anilines is 1. The molecule has 0 fully saturated rings. The Hall–Kier alpha value is -3.55. The van der Waals surface area contributed by atoms with Gasteiger partial charge >= 0.3 is 6.18 Å². The summed E-state index contributed by atoms with van der Waals surface area (Å²) >= 11 is 0. The summed E-state index contributed by atoms with van der Waals surface area (Å²) in [6, 6.07) is 14.6. The molecule has 1 aliphatic carbocycles. The molecule has 1 heterocycles. The fourth-order valence-electron chi connectivity index (χ4n) is 3.98. The first-order valence-corrected chi connectivity index (χ1v) is 10.7. The fourth-order valence-corrected chi connectivity index (χ4v) is 3.98. The predicted molar refractivity (Wildman–Crippen MR) is 120 cm³/mol. The van der Waals surface area contributed by atoms with Crippen LogP contribution in [0.25, 0.3) is 0 Å². The largest absolute Gasteiger partial charge is 0.455 e. The smallest absolute Gasteiger partial charge is 0.416 e. The summed E-state index contributed by atoms with van der Waals surface area (Å²) in [5, 5.41) is 4.38. The van der Waals surface area contributed by atoms with E-state index in [9.17, 15) is 18.0 Å². The van der Waals surface area contributed by atoms with Crippen LogP contribution in [0.3, 0.4) is 0 Å². The maximum Gasteiger partial charge on any atom is 0.416 e. The van der Waals surface area contributed by atoms with Crippen LogP contribution >= 0.6 is 0 Å². The fraction of sp³-hybridized carbons (Fsp3) is 0.280. The molecule has 1 amide bonds. The number of benzene rings is 2. The molecule has 0 saturated carbocycles. The van der Waals surface area contributed by atoms with Gasteiger partial charge in [-0.15, -0.1) is 0 Å². The first-order valence-electron chi connectivity index (χ1n) is 10.7. The second-order valence-corrected chi connectivity index (χ2v) is 8.10. The van der Waals surface area contributed by atoms with Gasteiger partial charge in [0.05, 0.1) is 17.0 Å². The van der Waals surface area contributed by atoms with Crippen LogP contribution in [0.15, 0.2) is 64.1 Å². The second-order valence-electron chi connectivity index (χ2n) is 8.10. The molecule has 1 aliphatic rings. The van der Waals surface area contributed by atoms with E-state index in [1.807, 2.05) is 37.3 Å².